The number of benzene rings is 1. The average molecular weight is 235 g/mol. The third kappa shape index (κ3) is 1.74. The maximum absolute atomic E-state index is 8.87. The van der Waals surface area contributed by atoms with Crippen LogP contribution in [-0.2, 0) is 0 Å². The minimum absolute atomic E-state index is 0.184. The fourth-order valence-corrected chi connectivity index (χ4v) is 2.29. The van der Waals surface area contributed by atoms with Gasteiger partial charge in [0.25, 0.3) is 0 Å². The summed E-state index contributed by atoms with van der Waals surface area (Å²) >= 11 is 1.38. The third-order valence-corrected chi connectivity index (χ3v) is 3.13. The molecule has 6 heteroatoms. The Balaban J connectivity index is 2.55. The summed E-state index contributed by atoms with van der Waals surface area (Å²) in [5.74, 6) is 0. The van der Waals surface area contributed by atoms with Crippen LogP contribution in [0.25, 0.3) is 10.2 Å². The van der Waals surface area contributed by atoms with Gasteiger partial charge in [0.05, 0.1) is 10.2 Å². The zero-order valence-corrected chi connectivity index (χ0v) is 9.27. The van der Waals surface area contributed by atoms with Crippen LogP contribution in [0.5, 0.6) is 0 Å². The molecule has 5 nitrogen and oxygen atoms in total. The highest BCUT2D eigenvalue weighted by Gasteiger charge is 2.14. The second-order valence-corrected chi connectivity index (χ2v) is 4.15. The molecular weight excluding hydrogens is 226 g/mol. The lowest BCUT2D eigenvalue weighted by atomic mass is 10.3. The molecule has 2 aromatic rings. The van der Waals surface area contributed by atoms with Gasteiger partial charge < -0.3 is 10.4 Å². The molecule has 0 spiro atoms. The molecule has 0 amide bonds. The number of hydrogen-bond acceptors (Lipinski definition) is 6. The van der Waals surface area contributed by atoms with Crippen molar-refractivity contribution in [1.29, 1.82) is 0 Å². The van der Waals surface area contributed by atoms with Crippen LogP contribution in [0.3, 0.4) is 0 Å². The van der Waals surface area contributed by atoms with Crippen LogP contribution in [0.4, 0.5) is 0 Å². The lowest BCUT2D eigenvalue weighted by Gasteiger charge is -1.95. The summed E-state index contributed by atoms with van der Waals surface area (Å²) in [7, 11) is 0. The molecule has 0 aliphatic heterocycles. The predicted molar refractivity (Wildman–Crippen MR) is 62.8 cm³/mol. The number of para-hydroxylation sites is 1. The van der Waals surface area contributed by atoms with Gasteiger partial charge in [0.2, 0.25) is 0 Å². The van der Waals surface area contributed by atoms with Gasteiger partial charge >= 0.3 is 0 Å². The van der Waals surface area contributed by atoms with Crippen LogP contribution in [0.1, 0.15) is 11.9 Å². The maximum atomic E-state index is 8.87. The molecule has 2 rings (SSSR count). The van der Waals surface area contributed by atoms with Gasteiger partial charge in [-0.3, -0.25) is 0 Å². The zero-order valence-electron chi connectivity index (χ0n) is 8.45. The Morgan fingerprint density at radius 3 is 2.62 bits per heavy atom. The van der Waals surface area contributed by atoms with Crippen LogP contribution in [0.2, 0.25) is 0 Å². The van der Waals surface area contributed by atoms with E-state index in [0.717, 1.165) is 10.2 Å². The number of oxime groups is 2. The summed E-state index contributed by atoms with van der Waals surface area (Å²) in [5.41, 5.74) is 1.24. The van der Waals surface area contributed by atoms with Crippen molar-refractivity contribution in [2.45, 2.75) is 6.92 Å². The highest BCUT2D eigenvalue weighted by atomic mass is 32.1. The molecule has 0 aliphatic carbocycles. The summed E-state index contributed by atoms with van der Waals surface area (Å²) in [6.45, 7) is 1.54. The van der Waals surface area contributed by atoms with Crippen molar-refractivity contribution in [3.05, 3.63) is 29.3 Å². The first-order valence-corrected chi connectivity index (χ1v) is 5.35. The van der Waals surface area contributed by atoms with E-state index in [4.69, 9.17) is 10.4 Å². The first-order chi connectivity index (χ1) is 7.76. The molecule has 0 saturated carbocycles. The lowest BCUT2D eigenvalue weighted by Crippen LogP contribution is -2.11. The van der Waals surface area contributed by atoms with Crippen molar-refractivity contribution < 1.29 is 10.4 Å². The van der Waals surface area contributed by atoms with Crippen molar-refractivity contribution >= 4 is 33.0 Å². The number of fused-ring (bicyclic) bond motifs is 1. The van der Waals surface area contributed by atoms with Gasteiger partial charge in [-0.15, -0.1) is 11.3 Å². The Hall–Kier alpha value is -1.95. The summed E-state index contributed by atoms with van der Waals surface area (Å²) in [6, 6.07) is 7.59. The van der Waals surface area contributed by atoms with Crippen LogP contribution in [-0.4, -0.2) is 26.8 Å². The molecule has 0 radical (unpaired) electrons. The number of rotatable bonds is 2. The number of nitrogens with zero attached hydrogens (tertiary/aromatic N) is 3. The van der Waals surface area contributed by atoms with Gasteiger partial charge in [0, 0.05) is 0 Å². The second-order valence-electron chi connectivity index (χ2n) is 3.12. The first kappa shape index (κ1) is 10.6. The third-order valence-electron chi connectivity index (χ3n) is 2.09. The largest absolute Gasteiger partial charge is 0.411 e. The normalized spacial score (nSPS) is 13.3. The summed E-state index contributed by atoms with van der Waals surface area (Å²) < 4.78 is 0.990. The number of thiazole rings is 1. The summed E-state index contributed by atoms with van der Waals surface area (Å²) in [6.07, 6.45) is 0. The lowest BCUT2D eigenvalue weighted by molar-refractivity contribution is 0.314. The topological polar surface area (TPSA) is 78.1 Å². The van der Waals surface area contributed by atoms with Crippen LogP contribution in [0.15, 0.2) is 34.6 Å². The van der Waals surface area contributed by atoms with Crippen molar-refractivity contribution in [3.63, 3.8) is 0 Å². The molecule has 0 atom stereocenters. The zero-order chi connectivity index (χ0) is 11.5. The Morgan fingerprint density at radius 2 is 2.00 bits per heavy atom. The minimum atomic E-state index is 0.184. The predicted octanol–water partition coefficient (Wildman–Crippen LogP) is 2.32. The molecule has 82 valence electrons. The fraction of sp³-hybridized carbons (Fsp3) is 0.100. The smallest absolute Gasteiger partial charge is 0.163 e. The van der Waals surface area contributed by atoms with E-state index >= 15 is 0 Å². The Kier molecular flexibility index (Phi) is 2.82. The first-order valence-electron chi connectivity index (χ1n) is 4.53. The van der Waals surface area contributed by atoms with E-state index < -0.39 is 0 Å². The molecule has 1 aromatic carbocycles. The monoisotopic (exact) mass is 235 g/mol. The number of aromatic nitrogens is 1. The fourth-order valence-electron chi connectivity index (χ4n) is 1.29. The highest BCUT2D eigenvalue weighted by molar-refractivity contribution is 7.21. The molecule has 0 saturated heterocycles. The van der Waals surface area contributed by atoms with E-state index in [2.05, 4.69) is 15.3 Å². The second kappa shape index (κ2) is 4.28. The van der Waals surface area contributed by atoms with Gasteiger partial charge in [-0.25, -0.2) is 4.98 Å². The van der Waals surface area contributed by atoms with Crippen molar-refractivity contribution in [3.8, 4) is 0 Å². The maximum Gasteiger partial charge on any atom is 0.163 e. The molecule has 16 heavy (non-hydrogen) atoms. The van der Waals surface area contributed by atoms with E-state index in [1.807, 2.05) is 24.3 Å². The van der Waals surface area contributed by atoms with Crippen LogP contribution >= 0.6 is 11.3 Å². The molecule has 2 N–H and O–H groups in total. The number of hydrogen-bond donors (Lipinski definition) is 2. The van der Waals surface area contributed by atoms with E-state index in [-0.39, 0.29) is 11.4 Å². The van der Waals surface area contributed by atoms with Crippen LogP contribution < -0.4 is 0 Å². The molecular formula is C10H9N3O2S. The van der Waals surface area contributed by atoms with Crippen molar-refractivity contribution in [2.75, 3.05) is 0 Å². The molecule has 0 bridgehead atoms. The molecule has 0 aliphatic rings. The average Bonchev–Trinajstić information content (AvgIpc) is 2.72. The summed E-state index contributed by atoms with van der Waals surface area (Å²) in [5, 5.41) is 24.1. The van der Waals surface area contributed by atoms with Gasteiger partial charge in [0.1, 0.15) is 10.7 Å². The quantitative estimate of drug-likeness (QED) is 0.476. The van der Waals surface area contributed by atoms with Gasteiger partial charge in [-0.2, -0.15) is 0 Å². The molecule has 0 unspecified atom stereocenters. The Morgan fingerprint density at radius 1 is 1.25 bits per heavy atom. The molecule has 1 aromatic heterocycles. The van der Waals surface area contributed by atoms with Crippen molar-refractivity contribution in [1.82, 2.24) is 4.98 Å². The van der Waals surface area contributed by atoms with Gasteiger partial charge in [-0.1, -0.05) is 22.4 Å². The SMILES string of the molecule is CC(=N\O)/C(=N\O)c1nc2ccccc2s1. The summed E-state index contributed by atoms with van der Waals surface area (Å²) in [4.78, 5) is 4.29. The molecule has 1 heterocycles. The van der Waals surface area contributed by atoms with E-state index in [1.165, 1.54) is 11.3 Å². The van der Waals surface area contributed by atoms with E-state index in [9.17, 15) is 0 Å². The Labute approximate surface area is 95.4 Å². The minimum Gasteiger partial charge on any atom is -0.411 e. The van der Waals surface area contributed by atoms with Gasteiger partial charge in [0.15, 0.2) is 5.71 Å². The van der Waals surface area contributed by atoms with E-state index in [0.29, 0.717) is 5.01 Å². The van der Waals surface area contributed by atoms with Crippen LogP contribution in [0, 0.1) is 0 Å². The van der Waals surface area contributed by atoms with Crippen molar-refractivity contribution in [2.24, 2.45) is 10.3 Å². The standard InChI is InChI=1S/C10H9N3O2S/c1-6(12-14)9(13-15)10-11-7-4-2-3-5-8(7)16-10/h2-5,14-15H,1H3/b12-6+,13-9+. The highest BCUT2D eigenvalue weighted by Crippen LogP contribution is 2.22. The molecule has 0 fully saturated rings. The van der Waals surface area contributed by atoms with Gasteiger partial charge in [-0.05, 0) is 19.1 Å². The Bertz CT molecular complexity index is 541. The van der Waals surface area contributed by atoms with E-state index in [1.54, 1.807) is 6.92 Å².